The van der Waals surface area contributed by atoms with Crippen LogP contribution in [0.15, 0.2) is 24.7 Å². The Hall–Kier alpha value is -2.74. The van der Waals surface area contributed by atoms with Gasteiger partial charge in [0.1, 0.15) is 5.65 Å². The van der Waals surface area contributed by atoms with Gasteiger partial charge in [0, 0.05) is 48.4 Å². The molecule has 1 unspecified atom stereocenters. The number of halogens is 2. The SMILES string of the molecule is CC(C)C(=O)N1CCCC(Nc2nc(-c3c[nH]c4ncc(Cl)cc34)ncc2F)C1. The first-order valence-corrected chi connectivity index (χ1v) is 10.0. The van der Waals surface area contributed by atoms with Crippen molar-refractivity contribution in [1.82, 2.24) is 24.8 Å². The predicted octanol–water partition coefficient (Wildman–Crippen LogP) is 3.87. The molecule has 1 aliphatic heterocycles. The zero-order valence-corrected chi connectivity index (χ0v) is 17.0. The minimum absolute atomic E-state index is 0.0570. The van der Waals surface area contributed by atoms with Crippen LogP contribution in [-0.4, -0.2) is 49.9 Å². The summed E-state index contributed by atoms with van der Waals surface area (Å²) in [6.45, 7) is 5.04. The summed E-state index contributed by atoms with van der Waals surface area (Å²) in [4.78, 5) is 30.0. The highest BCUT2D eigenvalue weighted by Gasteiger charge is 2.26. The summed E-state index contributed by atoms with van der Waals surface area (Å²) in [7, 11) is 0. The quantitative estimate of drug-likeness (QED) is 0.674. The number of carbonyl (C=O) groups is 1. The number of nitrogens with zero attached hydrogens (tertiary/aromatic N) is 4. The van der Waals surface area contributed by atoms with Crippen molar-refractivity contribution in [3.63, 3.8) is 0 Å². The zero-order valence-electron chi connectivity index (χ0n) is 16.2. The monoisotopic (exact) mass is 416 g/mol. The van der Waals surface area contributed by atoms with Crippen LogP contribution in [0.3, 0.4) is 0 Å². The number of likely N-dealkylation sites (tertiary alicyclic amines) is 1. The zero-order chi connectivity index (χ0) is 20.5. The molecule has 0 bridgehead atoms. The number of piperidine rings is 1. The number of H-pyrrole nitrogens is 1. The normalized spacial score (nSPS) is 17.1. The van der Waals surface area contributed by atoms with Crippen molar-refractivity contribution in [3.8, 4) is 11.4 Å². The lowest BCUT2D eigenvalue weighted by Gasteiger charge is -2.34. The van der Waals surface area contributed by atoms with Gasteiger partial charge in [-0.1, -0.05) is 25.4 Å². The van der Waals surface area contributed by atoms with E-state index in [1.54, 1.807) is 18.5 Å². The Morgan fingerprint density at radius 2 is 2.21 bits per heavy atom. The van der Waals surface area contributed by atoms with Gasteiger partial charge >= 0.3 is 0 Å². The Bertz CT molecular complexity index is 1050. The second kappa shape index (κ2) is 7.94. The summed E-state index contributed by atoms with van der Waals surface area (Å²) in [5.41, 5.74) is 1.35. The summed E-state index contributed by atoms with van der Waals surface area (Å²) in [6.07, 6.45) is 6.14. The molecule has 4 heterocycles. The third-order valence-electron chi connectivity index (χ3n) is 5.05. The van der Waals surface area contributed by atoms with Crippen LogP contribution in [0.1, 0.15) is 26.7 Å². The lowest BCUT2D eigenvalue weighted by atomic mass is 10.0. The second-order valence-electron chi connectivity index (χ2n) is 7.56. The fourth-order valence-electron chi connectivity index (χ4n) is 3.61. The van der Waals surface area contributed by atoms with Crippen LogP contribution in [0.4, 0.5) is 10.2 Å². The molecule has 2 N–H and O–H groups in total. The number of hydrogen-bond donors (Lipinski definition) is 2. The fourth-order valence-corrected chi connectivity index (χ4v) is 3.77. The van der Waals surface area contributed by atoms with Gasteiger partial charge in [-0.15, -0.1) is 0 Å². The number of aromatic nitrogens is 4. The molecular weight excluding hydrogens is 395 g/mol. The van der Waals surface area contributed by atoms with Crippen molar-refractivity contribution in [3.05, 3.63) is 35.5 Å². The number of anilines is 1. The van der Waals surface area contributed by atoms with Crippen molar-refractivity contribution in [2.75, 3.05) is 18.4 Å². The van der Waals surface area contributed by atoms with Gasteiger partial charge in [0.05, 0.1) is 11.2 Å². The third-order valence-corrected chi connectivity index (χ3v) is 5.26. The van der Waals surface area contributed by atoms with Crippen LogP contribution in [0, 0.1) is 11.7 Å². The molecule has 7 nitrogen and oxygen atoms in total. The highest BCUT2D eigenvalue weighted by Crippen LogP contribution is 2.28. The number of rotatable bonds is 4. The molecule has 0 radical (unpaired) electrons. The van der Waals surface area contributed by atoms with Gasteiger partial charge in [-0.2, -0.15) is 0 Å². The molecule has 1 saturated heterocycles. The maximum atomic E-state index is 14.4. The molecule has 1 aliphatic rings. The molecular formula is C20H22ClFN6O. The summed E-state index contributed by atoms with van der Waals surface area (Å²) >= 11 is 6.06. The van der Waals surface area contributed by atoms with E-state index in [0.29, 0.717) is 28.6 Å². The van der Waals surface area contributed by atoms with Crippen LogP contribution in [0.25, 0.3) is 22.4 Å². The first-order valence-electron chi connectivity index (χ1n) is 9.63. The van der Waals surface area contributed by atoms with E-state index in [2.05, 4.69) is 25.3 Å². The molecule has 3 aromatic rings. The first kappa shape index (κ1) is 19.6. The molecule has 4 rings (SSSR count). The van der Waals surface area contributed by atoms with Gasteiger partial charge in [-0.05, 0) is 18.9 Å². The molecule has 9 heteroatoms. The Kier molecular flexibility index (Phi) is 5.36. The van der Waals surface area contributed by atoms with E-state index in [9.17, 15) is 9.18 Å². The highest BCUT2D eigenvalue weighted by atomic mass is 35.5. The molecule has 29 heavy (non-hydrogen) atoms. The van der Waals surface area contributed by atoms with Crippen molar-refractivity contribution in [1.29, 1.82) is 0 Å². The molecule has 0 spiro atoms. The van der Waals surface area contributed by atoms with Crippen molar-refractivity contribution in [2.24, 2.45) is 5.92 Å². The van der Waals surface area contributed by atoms with Gasteiger partial charge in [0.2, 0.25) is 5.91 Å². The number of pyridine rings is 1. The Morgan fingerprint density at radius 1 is 1.38 bits per heavy atom. The van der Waals surface area contributed by atoms with Crippen molar-refractivity contribution < 1.29 is 9.18 Å². The number of fused-ring (bicyclic) bond motifs is 1. The van der Waals surface area contributed by atoms with Crippen LogP contribution < -0.4 is 5.32 Å². The van der Waals surface area contributed by atoms with Gasteiger partial charge in [-0.25, -0.2) is 19.3 Å². The second-order valence-corrected chi connectivity index (χ2v) is 8.00. The van der Waals surface area contributed by atoms with E-state index in [-0.39, 0.29) is 23.7 Å². The fraction of sp³-hybridized carbons (Fsp3) is 0.400. The van der Waals surface area contributed by atoms with Crippen LogP contribution >= 0.6 is 11.6 Å². The van der Waals surface area contributed by atoms with Crippen molar-refractivity contribution >= 4 is 34.4 Å². The Morgan fingerprint density at radius 3 is 3.00 bits per heavy atom. The maximum Gasteiger partial charge on any atom is 0.225 e. The number of carbonyl (C=O) groups excluding carboxylic acids is 1. The topological polar surface area (TPSA) is 86.8 Å². The standard InChI is InChI=1S/C20H22ClFN6O/c1-11(2)20(29)28-5-3-4-13(10-28)26-19-16(22)9-25-18(27-19)15-8-24-17-14(15)6-12(21)7-23-17/h6-9,11,13H,3-5,10H2,1-2H3,(H,23,24)(H,25,26,27). The number of hydrogen-bond acceptors (Lipinski definition) is 5. The first-order chi connectivity index (χ1) is 13.9. The molecule has 0 saturated carbocycles. The number of amides is 1. The Labute approximate surface area is 172 Å². The summed E-state index contributed by atoms with van der Waals surface area (Å²) < 4.78 is 14.4. The molecule has 0 aromatic carbocycles. The summed E-state index contributed by atoms with van der Waals surface area (Å²) in [6, 6.07) is 1.70. The average Bonchev–Trinajstić information content (AvgIpc) is 3.12. The maximum absolute atomic E-state index is 14.4. The molecule has 0 aliphatic carbocycles. The number of nitrogens with one attached hydrogen (secondary N) is 2. The van der Waals surface area contributed by atoms with Crippen LogP contribution in [0.2, 0.25) is 5.02 Å². The predicted molar refractivity (Wildman–Crippen MR) is 110 cm³/mol. The summed E-state index contributed by atoms with van der Waals surface area (Å²) in [5, 5.41) is 4.42. The lowest BCUT2D eigenvalue weighted by molar-refractivity contribution is -0.135. The molecule has 152 valence electrons. The van der Waals surface area contributed by atoms with Crippen LogP contribution in [0.5, 0.6) is 0 Å². The van der Waals surface area contributed by atoms with E-state index in [0.717, 1.165) is 31.0 Å². The van der Waals surface area contributed by atoms with Crippen molar-refractivity contribution in [2.45, 2.75) is 32.7 Å². The largest absolute Gasteiger partial charge is 0.363 e. The van der Waals surface area contributed by atoms with Gasteiger partial charge < -0.3 is 15.2 Å². The highest BCUT2D eigenvalue weighted by molar-refractivity contribution is 6.31. The van der Waals surface area contributed by atoms with E-state index in [4.69, 9.17) is 11.6 Å². The lowest BCUT2D eigenvalue weighted by Crippen LogP contribution is -2.46. The third kappa shape index (κ3) is 4.03. The minimum atomic E-state index is -0.531. The molecule has 1 fully saturated rings. The average molecular weight is 417 g/mol. The van der Waals surface area contributed by atoms with Gasteiger partial charge in [-0.3, -0.25) is 4.79 Å². The summed E-state index contributed by atoms with van der Waals surface area (Å²) in [5.74, 6) is 0.0253. The van der Waals surface area contributed by atoms with E-state index < -0.39 is 5.82 Å². The Balaban J connectivity index is 1.59. The molecule has 1 atom stereocenters. The van der Waals surface area contributed by atoms with E-state index in [1.807, 2.05) is 18.7 Å². The van der Waals surface area contributed by atoms with Crippen LogP contribution in [-0.2, 0) is 4.79 Å². The van der Waals surface area contributed by atoms with E-state index >= 15 is 0 Å². The molecule has 1 amide bonds. The van der Waals surface area contributed by atoms with E-state index in [1.165, 1.54) is 0 Å². The molecule has 3 aromatic heterocycles. The smallest absolute Gasteiger partial charge is 0.225 e. The van der Waals surface area contributed by atoms with Gasteiger partial charge in [0.25, 0.3) is 0 Å². The minimum Gasteiger partial charge on any atom is -0.363 e. The number of aromatic amines is 1. The van der Waals surface area contributed by atoms with Gasteiger partial charge in [0.15, 0.2) is 17.5 Å².